The molecule has 2 heterocycles. The number of fused-ring (bicyclic) bond motifs is 2. The van der Waals surface area contributed by atoms with E-state index in [0.717, 1.165) is 16.5 Å². The highest BCUT2D eigenvalue weighted by atomic mass is 16.6. The van der Waals surface area contributed by atoms with E-state index in [1.807, 2.05) is 72.8 Å². The van der Waals surface area contributed by atoms with Crippen LogP contribution in [0.1, 0.15) is 15.9 Å². The van der Waals surface area contributed by atoms with Crippen LogP contribution in [0, 0.1) is 0 Å². The zero-order valence-corrected chi connectivity index (χ0v) is 16.6. The molecule has 0 unspecified atom stereocenters. The summed E-state index contributed by atoms with van der Waals surface area (Å²) in [4.78, 5) is 29.0. The number of nitrogens with one attached hydrogen (secondary N) is 1. The highest BCUT2D eigenvalue weighted by molar-refractivity contribution is 6.15. The summed E-state index contributed by atoms with van der Waals surface area (Å²) in [6, 6.07) is 22.5. The highest BCUT2D eigenvalue weighted by Crippen LogP contribution is 2.32. The summed E-state index contributed by atoms with van der Waals surface area (Å²) >= 11 is 0. The van der Waals surface area contributed by atoms with Crippen LogP contribution in [-0.4, -0.2) is 24.0 Å². The summed E-state index contributed by atoms with van der Waals surface area (Å²) in [5.74, 6) is 0.974. The van der Waals surface area contributed by atoms with Crippen molar-refractivity contribution in [3.05, 3.63) is 100 Å². The summed E-state index contributed by atoms with van der Waals surface area (Å²) in [6.45, 7) is 1.01. The Kier molecular flexibility index (Phi) is 4.84. The highest BCUT2D eigenvalue weighted by Gasteiger charge is 2.19. The van der Waals surface area contributed by atoms with Crippen LogP contribution < -0.4 is 15.0 Å². The third-order valence-electron chi connectivity index (χ3n) is 5.22. The van der Waals surface area contributed by atoms with Crippen molar-refractivity contribution in [2.75, 3.05) is 13.2 Å². The van der Waals surface area contributed by atoms with Gasteiger partial charge in [-0.1, -0.05) is 60.7 Å². The molecule has 0 saturated heterocycles. The Morgan fingerprint density at radius 3 is 2.45 bits per heavy atom. The van der Waals surface area contributed by atoms with Gasteiger partial charge in [-0.05, 0) is 35.4 Å². The molecular formula is C26H19NO4. The molecule has 31 heavy (non-hydrogen) atoms. The zero-order chi connectivity index (χ0) is 21.2. The Hall–Kier alpha value is -4.12. The molecular weight excluding hydrogens is 390 g/mol. The number of rotatable bonds is 4. The monoisotopic (exact) mass is 409 g/mol. The molecule has 0 bridgehead atoms. The van der Waals surface area contributed by atoms with Gasteiger partial charge in [-0.3, -0.25) is 9.59 Å². The number of allylic oxidation sites excluding steroid dienone is 1. The topological polar surface area (TPSA) is 68.4 Å². The van der Waals surface area contributed by atoms with Gasteiger partial charge in [0.25, 0.3) is 5.56 Å². The quantitative estimate of drug-likeness (QED) is 0.386. The first-order valence-corrected chi connectivity index (χ1v) is 10.0. The molecule has 1 aromatic heterocycles. The van der Waals surface area contributed by atoms with E-state index in [4.69, 9.17) is 9.47 Å². The van der Waals surface area contributed by atoms with Crippen LogP contribution in [-0.2, 0) is 0 Å². The maximum atomic E-state index is 13.2. The van der Waals surface area contributed by atoms with Crippen molar-refractivity contribution in [3.63, 3.8) is 0 Å². The molecule has 0 fully saturated rings. The standard InChI is InChI=1S/C26H19NO4/c28-21(12-10-17-11-13-22-23(16-17)31-15-14-30-22)25-24(18-6-2-1-3-7-18)19-8-4-5-9-20(19)27-26(25)29/h1-13,16H,14-15H2,(H,27,29). The maximum absolute atomic E-state index is 13.2. The van der Waals surface area contributed by atoms with Crippen molar-refractivity contribution < 1.29 is 14.3 Å². The lowest BCUT2D eigenvalue weighted by Gasteiger charge is -2.18. The molecule has 0 radical (unpaired) electrons. The maximum Gasteiger partial charge on any atom is 0.260 e. The van der Waals surface area contributed by atoms with Gasteiger partial charge in [-0.25, -0.2) is 0 Å². The molecule has 152 valence electrons. The van der Waals surface area contributed by atoms with E-state index in [0.29, 0.717) is 35.8 Å². The van der Waals surface area contributed by atoms with Crippen molar-refractivity contribution in [3.8, 4) is 22.6 Å². The van der Waals surface area contributed by atoms with E-state index in [-0.39, 0.29) is 11.3 Å². The van der Waals surface area contributed by atoms with E-state index in [1.165, 1.54) is 6.08 Å². The molecule has 1 aliphatic rings. The first-order chi connectivity index (χ1) is 15.2. The van der Waals surface area contributed by atoms with Crippen molar-refractivity contribution >= 4 is 22.8 Å². The Balaban J connectivity index is 1.60. The Morgan fingerprint density at radius 2 is 1.61 bits per heavy atom. The van der Waals surface area contributed by atoms with Crippen molar-refractivity contribution in [1.29, 1.82) is 0 Å². The molecule has 5 rings (SSSR count). The molecule has 1 aliphatic heterocycles. The molecule has 1 N–H and O–H groups in total. The van der Waals surface area contributed by atoms with Crippen molar-refractivity contribution in [2.24, 2.45) is 0 Å². The number of ether oxygens (including phenoxy) is 2. The number of carbonyl (C=O) groups excluding carboxylic acids is 1. The van der Waals surface area contributed by atoms with Gasteiger partial charge in [0.05, 0.1) is 5.56 Å². The van der Waals surface area contributed by atoms with Gasteiger partial charge in [0.1, 0.15) is 13.2 Å². The molecule has 5 nitrogen and oxygen atoms in total. The fourth-order valence-electron chi connectivity index (χ4n) is 3.80. The average molecular weight is 409 g/mol. The van der Waals surface area contributed by atoms with E-state index in [1.54, 1.807) is 6.08 Å². The number of aromatic amines is 1. The molecule has 0 aliphatic carbocycles. The molecule has 3 aromatic carbocycles. The summed E-state index contributed by atoms with van der Waals surface area (Å²) in [5, 5.41) is 0.823. The zero-order valence-electron chi connectivity index (χ0n) is 16.6. The predicted molar refractivity (Wildman–Crippen MR) is 121 cm³/mol. The fraction of sp³-hybridized carbons (Fsp3) is 0.0769. The number of aromatic nitrogens is 1. The van der Waals surface area contributed by atoms with Crippen LogP contribution in [0.4, 0.5) is 0 Å². The Bertz CT molecular complexity index is 1370. The molecule has 0 atom stereocenters. The van der Waals surface area contributed by atoms with Gasteiger partial charge in [0.2, 0.25) is 0 Å². The van der Waals surface area contributed by atoms with Crippen LogP contribution in [0.15, 0.2) is 83.7 Å². The summed E-state index contributed by atoms with van der Waals surface area (Å²) in [7, 11) is 0. The predicted octanol–water partition coefficient (Wildman–Crippen LogP) is 4.86. The molecule has 0 spiro atoms. The minimum atomic E-state index is -0.408. The second kappa shape index (κ2) is 7.95. The summed E-state index contributed by atoms with van der Waals surface area (Å²) < 4.78 is 11.1. The molecule has 0 amide bonds. The number of pyridine rings is 1. The normalized spacial score (nSPS) is 12.9. The number of hydrogen-bond acceptors (Lipinski definition) is 4. The fourth-order valence-corrected chi connectivity index (χ4v) is 3.80. The molecule has 4 aromatic rings. The summed E-state index contributed by atoms with van der Waals surface area (Å²) in [6.07, 6.45) is 3.11. The average Bonchev–Trinajstić information content (AvgIpc) is 2.82. The minimum Gasteiger partial charge on any atom is -0.486 e. The third-order valence-corrected chi connectivity index (χ3v) is 5.22. The van der Waals surface area contributed by atoms with Crippen molar-refractivity contribution in [2.45, 2.75) is 0 Å². The van der Waals surface area contributed by atoms with Crippen LogP contribution in [0.25, 0.3) is 28.1 Å². The lowest BCUT2D eigenvalue weighted by Crippen LogP contribution is -2.18. The van der Waals surface area contributed by atoms with Crippen LogP contribution in [0.3, 0.4) is 0 Å². The van der Waals surface area contributed by atoms with E-state index in [9.17, 15) is 9.59 Å². The minimum absolute atomic E-state index is 0.124. The first-order valence-electron chi connectivity index (χ1n) is 10.0. The van der Waals surface area contributed by atoms with Gasteiger partial charge in [0, 0.05) is 16.5 Å². The van der Waals surface area contributed by atoms with Crippen LogP contribution >= 0.6 is 0 Å². The van der Waals surface area contributed by atoms with Gasteiger partial charge >= 0.3 is 0 Å². The number of para-hydroxylation sites is 1. The Labute approximate surface area is 178 Å². The van der Waals surface area contributed by atoms with E-state index in [2.05, 4.69) is 4.98 Å². The van der Waals surface area contributed by atoms with E-state index < -0.39 is 5.56 Å². The van der Waals surface area contributed by atoms with Gasteiger partial charge < -0.3 is 14.5 Å². The number of ketones is 1. The van der Waals surface area contributed by atoms with Gasteiger partial charge in [-0.15, -0.1) is 0 Å². The number of carbonyl (C=O) groups is 1. The third kappa shape index (κ3) is 3.62. The lowest BCUT2D eigenvalue weighted by molar-refractivity contribution is 0.104. The second-order valence-electron chi connectivity index (χ2n) is 7.22. The smallest absolute Gasteiger partial charge is 0.260 e. The number of H-pyrrole nitrogens is 1. The van der Waals surface area contributed by atoms with E-state index >= 15 is 0 Å². The summed E-state index contributed by atoms with van der Waals surface area (Å²) in [5.41, 5.74) is 2.65. The molecule has 5 heteroatoms. The SMILES string of the molecule is O=C(C=Cc1ccc2c(c1)OCCO2)c1c(-c2ccccc2)c2ccccc2[nH]c1=O. The van der Waals surface area contributed by atoms with Gasteiger partial charge in [-0.2, -0.15) is 0 Å². The van der Waals surface area contributed by atoms with Crippen molar-refractivity contribution in [1.82, 2.24) is 4.98 Å². The molecule has 0 saturated carbocycles. The number of benzene rings is 3. The van der Waals surface area contributed by atoms with Crippen LogP contribution in [0.5, 0.6) is 11.5 Å². The second-order valence-corrected chi connectivity index (χ2v) is 7.22. The van der Waals surface area contributed by atoms with Gasteiger partial charge in [0.15, 0.2) is 17.3 Å². The first kappa shape index (κ1) is 18.9. The van der Waals surface area contributed by atoms with Crippen LogP contribution in [0.2, 0.25) is 0 Å². The lowest BCUT2D eigenvalue weighted by atomic mass is 9.94. The number of hydrogen-bond donors (Lipinski definition) is 1. The Morgan fingerprint density at radius 1 is 0.871 bits per heavy atom. The largest absolute Gasteiger partial charge is 0.486 e.